The van der Waals surface area contributed by atoms with E-state index >= 15 is 0 Å². The highest BCUT2D eigenvalue weighted by molar-refractivity contribution is 6.31. The molecule has 0 aliphatic carbocycles. The lowest BCUT2D eigenvalue weighted by Gasteiger charge is -2.18. The Morgan fingerprint density at radius 1 is 1.43 bits per heavy atom. The first-order chi connectivity index (χ1) is 6.68. The number of hydrogen-bond acceptors (Lipinski definition) is 1. The molecule has 2 rings (SSSR count). The van der Waals surface area contributed by atoms with Crippen molar-refractivity contribution in [2.75, 3.05) is 11.4 Å². The van der Waals surface area contributed by atoms with Crippen LogP contribution in [0, 0.1) is 12.3 Å². The maximum atomic E-state index is 7.75. The zero-order valence-electron chi connectivity index (χ0n) is 8.18. The van der Waals surface area contributed by atoms with Crippen LogP contribution in [0.15, 0.2) is 18.2 Å². The number of amidine groups is 1. The molecule has 74 valence electrons. The molecule has 3 heteroatoms. The highest BCUT2D eigenvalue weighted by Crippen LogP contribution is 2.26. The van der Waals surface area contributed by atoms with Gasteiger partial charge in [0.2, 0.25) is 0 Å². The van der Waals surface area contributed by atoms with Crippen LogP contribution in [0.5, 0.6) is 0 Å². The van der Waals surface area contributed by atoms with E-state index in [-0.39, 0.29) is 0 Å². The molecule has 0 bridgehead atoms. The van der Waals surface area contributed by atoms with Crippen molar-refractivity contribution in [1.82, 2.24) is 0 Å². The molecule has 1 aromatic rings. The minimum Gasteiger partial charge on any atom is -0.330 e. The largest absolute Gasteiger partial charge is 0.330 e. The summed E-state index contributed by atoms with van der Waals surface area (Å²) in [5.74, 6) is 0.699. The Labute approximate surface area is 89.0 Å². The molecule has 1 aliphatic heterocycles. The van der Waals surface area contributed by atoms with Crippen LogP contribution in [0.3, 0.4) is 0 Å². The summed E-state index contributed by atoms with van der Waals surface area (Å²) in [4.78, 5) is 2.02. The second kappa shape index (κ2) is 3.62. The molecule has 14 heavy (non-hydrogen) atoms. The van der Waals surface area contributed by atoms with Gasteiger partial charge in [-0.1, -0.05) is 17.7 Å². The van der Waals surface area contributed by atoms with Crippen LogP contribution < -0.4 is 4.90 Å². The van der Waals surface area contributed by atoms with Crippen molar-refractivity contribution in [2.45, 2.75) is 19.8 Å². The van der Waals surface area contributed by atoms with Gasteiger partial charge in [0.15, 0.2) is 0 Å². The average molecular weight is 209 g/mol. The molecule has 0 radical (unpaired) electrons. The van der Waals surface area contributed by atoms with E-state index < -0.39 is 0 Å². The smallest absolute Gasteiger partial charge is 0.100 e. The topological polar surface area (TPSA) is 27.1 Å². The molecule has 0 atom stereocenters. The number of aryl methyl sites for hydroxylation is 1. The third-order valence-corrected chi connectivity index (χ3v) is 3.00. The monoisotopic (exact) mass is 208 g/mol. The molecule has 0 saturated carbocycles. The van der Waals surface area contributed by atoms with Crippen molar-refractivity contribution in [2.24, 2.45) is 0 Å². The zero-order chi connectivity index (χ0) is 10.1. The summed E-state index contributed by atoms with van der Waals surface area (Å²) in [6, 6.07) is 5.97. The number of nitrogens with zero attached hydrogens (tertiary/aromatic N) is 1. The van der Waals surface area contributed by atoms with Crippen LogP contribution >= 0.6 is 11.6 Å². The summed E-state index contributed by atoms with van der Waals surface area (Å²) in [5, 5.41) is 8.53. The predicted octanol–water partition coefficient (Wildman–Crippen LogP) is 3.23. The molecule has 1 heterocycles. The number of hydrogen-bond donors (Lipinski definition) is 1. The average Bonchev–Trinajstić information content (AvgIpc) is 2.57. The van der Waals surface area contributed by atoms with E-state index in [4.69, 9.17) is 17.0 Å². The van der Waals surface area contributed by atoms with E-state index in [1.807, 2.05) is 30.0 Å². The molecular formula is C11H13ClN2. The number of benzene rings is 1. The summed E-state index contributed by atoms with van der Waals surface area (Å²) in [6.45, 7) is 2.93. The Kier molecular flexibility index (Phi) is 2.46. The second-order valence-electron chi connectivity index (χ2n) is 3.64. The van der Waals surface area contributed by atoms with Crippen molar-refractivity contribution in [3.63, 3.8) is 0 Å². The van der Waals surface area contributed by atoms with E-state index in [1.54, 1.807) is 0 Å². The first kappa shape index (κ1) is 9.53. The van der Waals surface area contributed by atoms with Gasteiger partial charge in [-0.2, -0.15) is 0 Å². The van der Waals surface area contributed by atoms with Crippen LogP contribution in [0.4, 0.5) is 5.69 Å². The number of halogens is 1. The van der Waals surface area contributed by atoms with Crippen LogP contribution in [0.1, 0.15) is 18.4 Å². The number of rotatable bonds is 1. The summed E-state index contributed by atoms with van der Waals surface area (Å²) < 4.78 is 0. The van der Waals surface area contributed by atoms with Gasteiger partial charge in [0.25, 0.3) is 0 Å². The second-order valence-corrected chi connectivity index (χ2v) is 4.04. The van der Waals surface area contributed by atoms with Gasteiger partial charge in [0.1, 0.15) is 5.84 Å². The molecule has 0 unspecified atom stereocenters. The molecule has 0 amide bonds. The maximum absolute atomic E-state index is 7.75. The van der Waals surface area contributed by atoms with Gasteiger partial charge in [-0.05, 0) is 31.0 Å². The van der Waals surface area contributed by atoms with Crippen molar-refractivity contribution >= 4 is 23.1 Å². The Morgan fingerprint density at radius 2 is 2.21 bits per heavy atom. The van der Waals surface area contributed by atoms with E-state index in [9.17, 15) is 0 Å². The van der Waals surface area contributed by atoms with Gasteiger partial charge in [-0.3, -0.25) is 5.41 Å². The Bertz CT molecular complexity index is 374. The fourth-order valence-electron chi connectivity index (χ4n) is 1.71. The summed E-state index contributed by atoms with van der Waals surface area (Å²) in [5.41, 5.74) is 2.13. The van der Waals surface area contributed by atoms with Crippen molar-refractivity contribution < 1.29 is 0 Å². The van der Waals surface area contributed by atoms with Gasteiger partial charge < -0.3 is 4.90 Å². The summed E-state index contributed by atoms with van der Waals surface area (Å²) in [6.07, 6.45) is 1.95. The van der Waals surface area contributed by atoms with Gasteiger partial charge >= 0.3 is 0 Å². The molecule has 1 aromatic carbocycles. The third kappa shape index (κ3) is 1.62. The minimum atomic E-state index is 0.699. The molecule has 1 aliphatic rings. The SMILES string of the molecule is Cc1ccc(N2CCCC2=N)cc1Cl. The van der Waals surface area contributed by atoms with E-state index in [0.717, 1.165) is 35.7 Å². The number of anilines is 1. The van der Waals surface area contributed by atoms with Crippen molar-refractivity contribution in [3.05, 3.63) is 28.8 Å². The fourth-order valence-corrected chi connectivity index (χ4v) is 1.88. The maximum Gasteiger partial charge on any atom is 0.100 e. The lowest BCUT2D eigenvalue weighted by molar-refractivity contribution is 0.956. The van der Waals surface area contributed by atoms with Gasteiger partial charge in [0, 0.05) is 23.7 Å². The lowest BCUT2D eigenvalue weighted by Crippen LogP contribution is -2.22. The van der Waals surface area contributed by atoms with E-state index in [0.29, 0.717) is 5.84 Å². The molecule has 0 aromatic heterocycles. The summed E-state index contributed by atoms with van der Waals surface area (Å²) in [7, 11) is 0. The molecular weight excluding hydrogens is 196 g/mol. The van der Waals surface area contributed by atoms with Gasteiger partial charge in [-0.15, -0.1) is 0 Å². The first-order valence-electron chi connectivity index (χ1n) is 4.79. The molecule has 1 saturated heterocycles. The Hall–Kier alpha value is -1.02. The van der Waals surface area contributed by atoms with Crippen molar-refractivity contribution in [3.8, 4) is 0 Å². The van der Waals surface area contributed by atoms with Crippen LogP contribution in [-0.2, 0) is 0 Å². The van der Waals surface area contributed by atoms with E-state index in [1.165, 1.54) is 0 Å². The van der Waals surface area contributed by atoms with Crippen LogP contribution in [0.2, 0.25) is 5.02 Å². The van der Waals surface area contributed by atoms with E-state index in [2.05, 4.69) is 0 Å². The quantitative estimate of drug-likeness (QED) is 0.754. The molecule has 0 spiro atoms. The minimum absolute atomic E-state index is 0.699. The lowest BCUT2D eigenvalue weighted by atomic mass is 10.2. The van der Waals surface area contributed by atoms with Gasteiger partial charge in [-0.25, -0.2) is 0 Å². The fraction of sp³-hybridized carbons (Fsp3) is 0.364. The first-order valence-corrected chi connectivity index (χ1v) is 5.17. The molecule has 1 N–H and O–H groups in total. The summed E-state index contributed by atoms with van der Waals surface area (Å²) >= 11 is 6.04. The zero-order valence-corrected chi connectivity index (χ0v) is 8.93. The Balaban J connectivity index is 2.32. The number of nitrogens with one attached hydrogen (secondary N) is 1. The highest BCUT2D eigenvalue weighted by atomic mass is 35.5. The normalized spacial score (nSPS) is 16.4. The predicted molar refractivity (Wildman–Crippen MR) is 60.5 cm³/mol. The van der Waals surface area contributed by atoms with Crippen molar-refractivity contribution in [1.29, 1.82) is 5.41 Å². The van der Waals surface area contributed by atoms with Gasteiger partial charge in [0.05, 0.1) is 0 Å². The third-order valence-electron chi connectivity index (χ3n) is 2.59. The standard InChI is InChI=1S/C11H13ClN2/c1-8-4-5-9(7-10(8)12)14-6-2-3-11(14)13/h4-5,7,13H,2-3,6H2,1H3. The molecule has 1 fully saturated rings. The van der Waals surface area contributed by atoms with Crippen LogP contribution in [0.25, 0.3) is 0 Å². The van der Waals surface area contributed by atoms with Crippen LogP contribution in [-0.4, -0.2) is 12.4 Å². The molecule has 2 nitrogen and oxygen atoms in total. The Morgan fingerprint density at radius 3 is 2.79 bits per heavy atom. The highest BCUT2D eigenvalue weighted by Gasteiger charge is 2.18.